The van der Waals surface area contributed by atoms with Crippen LogP contribution < -0.4 is 9.47 Å². The molecule has 0 saturated carbocycles. The van der Waals surface area contributed by atoms with Crippen LogP contribution in [-0.4, -0.2) is 19.5 Å². The predicted octanol–water partition coefficient (Wildman–Crippen LogP) is 2.43. The Morgan fingerprint density at radius 1 is 1.44 bits per heavy atom. The summed E-state index contributed by atoms with van der Waals surface area (Å²) in [6.45, 7) is -1.52. The first kappa shape index (κ1) is 12.4. The SMILES string of the molecule is COc1ccc(OC(F)F)c(CC(C)=O)c1. The number of Topliss-reactive ketones (excluding diaryl/α,β-unsaturated/α-hetero) is 1. The smallest absolute Gasteiger partial charge is 0.387 e. The maximum absolute atomic E-state index is 12.1. The fourth-order valence-electron chi connectivity index (χ4n) is 1.30. The minimum atomic E-state index is -2.90. The normalized spacial score (nSPS) is 10.3. The van der Waals surface area contributed by atoms with E-state index < -0.39 is 6.61 Å². The van der Waals surface area contributed by atoms with Gasteiger partial charge in [-0.15, -0.1) is 0 Å². The number of halogens is 2. The third-order valence-electron chi connectivity index (χ3n) is 1.92. The third-order valence-corrected chi connectivity index (χ3v) is 1.92. The van der Waals surface area contributed by atoms with Crippen molar-refractivity contribution in [3.63, 3.8) is 0 Å². The number of hydrogen-bond acceptors (Lipinski definition) is 3. The molecule has 88 valence electrons. The van der Waals surface area contributed by atoms with Crippen LogP contribution >= 0.6 is 0 Å². The van der Waals surface area contributed by atoms with Crippen molar-refractivity contribution < 1.29 is 23.0 Å². The van der Waals surface area contributed by atoms with E-state index in [2.05, 4.69) is 4.74 Å². The Balaban J connectivity index is 3.00. The standard InChI is InChI=1S/C11H12F2O3/c1-7(14)5-8-6-9(15-2)3-4-10(8)16-11(12)13/h3-4,6,11H,5H2,1-2H3. The molecule has 0 atom stereocenters. The molecule has 1 aromatic carbocycles. The molecule has 0 amide bonds. The number of carbonyl (C=O) groups excluding carboxylic acids is 1. The Bertz CT molecular complexity index is 377. The average molecular weight is 230 g/mol. The lowest BCUT2D eigenvalue weighted by molar-refractivity contribution is -0.116. The molecular weight excluding hydrogens is 218 g/mol. The average Bonchev–Trinajstić information content (AvgIpc) is 2.19. The summed E-state index contributed by atoms with van der Waals surface area (Å²) in [6.07, 6.45) is 0.0409. The van der Waals surface area contributed by atoms with E-state index in [0.29, 0.717) is 11.3 Å². The molecule has 0 aromatic heterocycles. The van der Waals surface area contributed by atoms with Crippen molar-refractivity contribution in [2.45, 2.75) is 20.0 Å². The molecule has 16 heavy (non-hydrogen) atoms. The number of methoxy groups -OCH3 is 1. The Morgan fingerprint density at radius 2 is 2.12 bits per heavy atom. The van der Waals surface area contributed by atoms with E-state index in [-0.39, 0.29) is 18.0 Å². The molecule has 5 heteroatoms. The van der Waals surface area contributed by atoms with Gasteiger partial charge < -0.3 is 9.47 Å². The van der Waals surface area contributed by atoms with Gasteiger partial charge in [-0.1, -0.05) is 0 Å². The van der Waals surface area contributed by atoms with Crippen LogP contribution in [0.25, 0.3) is 0 Å². The summed E-state index contributed by atoms with van der Waals surface area (Å²) in [6, 6.07) is 4.38. The van der Waals surface area contributed by atoms with Crippen molar-refractivity contribution in [2.24, 2.45) is 0 Å². The zero-order valence-electron chi connectivity index (χ0n) is 9.00. The molecule has 1 aromatic rings. The van der Waals surface area contributed by atoms with E-state index in [1.54, 1.807) is 0 Å². The molecule has 0 bridgehead atoms. The summed E-state index contributed by atoms with van der Waals surface area (Å²) < 4.78 is 33.4. The largest absolute Gasteiger partial charge is 0.497 e. The molecule has 0 aliphatic heterocycles. The highest BCUT2D eigenvalue weighted by Gasteiger charge is 2.12. The maximum atomic E-state index is 12.1. The van der Waals surface area contributed by atoms with Crippen LogP contribution in [0.4, 0.5) is 8.78 Å². The number of ketones is 1. The van der Waals surface area contributed by atoms with Gasteiger partial charge in [0.2, 0.25) is 0 Å². The van der Waals surface area contributed by atoms with E-state index >= 15 is 0 Å². The summed E-state index contributed by atoms with van der Waals surface area (Å²) in [4.78, 5) is 11.0. The summed E-state index contributed by atoms with van der Waals surface area (Å²) in [5.74, 6) is 0.372. The van der Waals surface area contributed by atoms with Gasteiger partial charge in [-0.3, -0.25) is 4.79 Å². The van der Waals surface area contributed by atoms with Gasteiger partial charge >= 0.3 is 6.61 Å². The molecule has 0 aliphatic rings. The second kappa shape index (κ2) is 5.44. The highest BCUT2D eigenvalue weighted by Crippen LogP contribution is 2.26. The third kappa shape index (κ3) is 3.49. The zero-order chi connectivity index (χ0) is 12.1. The zero-order valence-corrected chi connectivity index (χ0v) is 9.00. The van der Waals surface area contributed by atoms with Crippen molar-refractivity contribution in [3.05, 3.63) is 23.8 Å². The monoisotopic (exact) mass is 230 g/mol. The Kier molecular flexibility index (Phi) is 4.22. The van der Waals surface area contributed by atoms with Crippen molar-refractivity contribution >= 4 is 5.78 Å². The topological polar surface area (TPSA) is 35.5 Å². The number of rotatable bonds is 5. The van der Waals surface area contributed by atoms with Crippen LogP contribution in [0.1, 0.15) is 12.5 Å². The first-order chi connectivity index (χ1) is 7.52. The fourth-order valence-corrected chi connectivity index (χ4v) is 1.30. The maximum Gasteiger partial charge on any atom is 0.387 e. The van der Waals surface area contributed by atoms with Gasteiger partial charge in [-0.05, 0) is 25.1 Å². The number of hydrogen-bond donors (Lipinski definition) is 0. The molecule has 0 radical (unpaired) electrons. The van der Waals surface area contributed by atoms with E-state index in [0.717, 1.165) is 0 Å². The van der Waals surface area contributed by atoms with Gasteiger partial charge in [0.05, 0.1) is 7.11 Å². The summed E-state index contributed by atoms with van der Waals surface area (Å²) in [5.41, 5.74) is 0.396. The van der Waals surface area contributed by atoms with Crippen LogP contribution in [0.15, 0.2) is 18.2 Å². The number of alkyl halides is 2. The lowest BCUT2D eigenvalue weighted by Crippen LogP contribution is -2.06. The molecular formula is C11H12F2O3. The van der Waals surface area contributed by atoms with Gasteiger partial charge in [0.1, 0.15) is 17.3 Å². The molecule has 0 fully saturated rings. The van der Waals surface area contributed by atoms with Crippen LogP contribution in [0.2, 0.25) is 0 Å². The molecule has 0 saturated heterocycles. The summed E-state index contributed by atoms with van der Waals surface area (Å²) in [7, 11) is 1.46. The minimum Gasteiger partial charge on any atom is -0.497 e. The molecule has 0 heterocycles. The summed E-state index contributed by atoms with van der Waals surface area (Å²) in [5, 5.41) is 0. The Labute approximate surface area is 92.0 Å². The highest BCUT2D eigenvalue weighted by atomic mass is 19.3. The van der Waals surface area contributed by atoms with Gasteiger partial charge in [0, 0.05) is 12.0 Å². The molecule has 0 spiro atoms. The second-order valence-electron chi connectivity index (χ2n) is 3.23. The van der Waals surface area contributed by atoms with Crippen molar-refractivity contribution in [1.29, 1.82) is 0 Å². The molecule has 0 unspecified atom stereocenters. The second-order valence-corrected chi connectivity index (χ2v) is 3.23. The predicted molar refractivity (Wildman–Crippen MR) is 54.0 cm³/mol. The first-order valence-corrected chi connectivity index (χ1v) is 4.64. The summed E-state index contributed by atoms with van der Waals surface area (Å²) >= 11 is 0. The van der Waals surface area contributed by atoms with Crippen LogP contribution in [0.3, 0.4) is 0 Å². The lowest BCUT2D eigenvalue weighted by atomic mass is 10.1. The highest BCUT2D eigenvalue weighted by molar-refractivity contribution is 5.79. The molecule has 3 nitrogen and oxygen atoms in total. The van der Waals surface area contributed by atoms with E-state index in [9.17, 15) is 13.6 Å². The van der Waals surface area contributed by atoms with Gasteiger partial charge in [-0.25, -0.2) is 0 Å². The van der Waals surface area contributed by atoms with E-state index in [4.69, 9.17) is 4.74 Å². The lowest BCUT2D eigenvalue weighted by Gasteiger charge is -2.11. The van der Waals surface area contributed by atoms with Crippen molar-refractivity contribution in [1.82, 2.24) is 0 Å². The van der Waals surface area contributed by atoms with Crippen molar-refractivity contribution in [3.8, 4) is 11.5 Å². The van der Waals surface area contributed by atoms with Gasteiger partial charge in [-0.2, -0.15) is 8.78 Å². The minimum absolute atomic E-state index is 0.00556. The Morgan fingerprint density at radius 3 is 2.62 bits per heavy atom. The van der Waals surface area contributed by atoms with Crippen LogP contribution in [0.5, 0.6) is 11.5 Å². The number of carbonyl (C=O) groups is 1. The van der Waals surface area contributed by atoms with Gasteiger partial charge in [0.25, 0.3) is 0 Å². The van der Waals surface area contributed by atoms with Gasteiger partial charge in [0.15, 0.2) is 0 Å². The number of ether oxygens (including phenoxy) is 2. The van der Waals surface area contributed by atoms with Crippen molar-refractivity contribution in [2.75, 3.05) is 7.11 Å². The first-order valence-electron chi connectivity index (χ1n) is 4.64. The molecule has 1 rings (SSSR count). The molecule has 0 N–H and O–H groups in total. The van der Waals surface area contributed by atoms with E-state index in [1.165, 1.54) is 32.2 Å². The fraction of sp³-hybridized carbons (Fsp3) is 0.364. The van der Waals surface area contributed by atoms with E-state index in [1.807, 2.05) is 0 Å². The quantitative estimate of drug-likeness (QED) is 0.779. The van der Waals surface area contributed by atoms with Crippen LogP contribution in [0, 0.1) is 0 Å². The molecule has 0 aliphatic carbocycles. The Hall–Kier alpha value is -1.65. The number of benzene rings is 1. The van der Waals surface area contributed by atoms with Crippen LogP contribution in [-0.2, 0) is 11.2 Å².